The molecule has 0 aliphatic carbocycles. The van der Waals surface area contributed by atoms with Crippen LogP contribution in [0.2, 0.25) is 5.15 Å². The molecule has 0 N–H and O–H groups in total. The molecule has 0 amide bonds. The maximum absolute atomic E-state index is 5.73. The Morgan fingerprint density at radius 3 is 2.73 bits per heavy atom. The third-order valence-electron chi connectivity index (χ3n) is 2.51. The molecular formula is C11H14Cl2N2. The molecule has 0 spiro atoms. The number of hydrogen-bond donors (Lipinski definition) is 0. The van der Waals surface area contributed by atoms with Gasteiger partial charge in [0.05, 0.1) is 0 Å². The van der Waals surface area contributed by atoms with Gasteiger partial charge in [-0.05, 0) is 30.7 Å². The SMILES string of the molecule is CN1CC=C(c2ccc(Cl)nc2)CC1.Cl. The summed E-state index contributed by atoms with van der Waals surface area (Å²) in [5.41, 5.74) is 2.58. The van der Waals surface area contributed by atoms with Gasteiger partial charge in [-0.2, -0.15) is 0 Å². The van der Waals surface area contributed by atoms with E-state index in [1.165, 1.54) is 11.1 Å². The summed E-state index contributed by atoms with van der Waals surface area (Å²) in [5, 5.41) is 0.558. The number of rotatable bonds is 1. The standard InChI is InChI=1S/C11H13ClN2.ClH/c1-14-6-4-9(5-7-14)10-2-3-11(12)13-8-10;/h2-4,8H,5-7H2,1H3;1H. The summed E-state index contributed by atoms with van der Waals surface area (Å²) >= 11 is 5.73. The molecule has 0 saturated heterocycles. The molecule has 15 heavy (non-hydrogen) atoms. The first-order valence-corrected chi connectivity index (χ1v) is 5.13. The number of aromatic nitrogens is 1. The molecule has 0 saturated carbocycles. The van der Waals surface area contributed by atoms with Gasteiger partial charge >= 0.3 is 0 Å². The zero-order valence-electron chi connectivity index (χ0n) is 8.61. The molecular weight excluding hydrogens is 231 g/mol. The van der Waals surface area contributed by atoms with Crippen molar-refractivity contribution in [3.63, 3.8) is 0 Å². The lowest BCUT2D eigenvalue weighted by Crippen LogP contribution is -2.23. The highest BCUT2D eigenvalue weighted by atomic mass is 35.5. The maximum atomic E-state index is 5.73. The van der Waals surface area contributed by atoms with Crippen molar-refractivity contribution in [3.8, 4) is 0 Å². The predicted octanol–water partition coefficient (Wildman–Crippen LogP) is 2.88. The molecule has 0 atom stereocenters. The maximum Gasteiger partial charge on any atom is 0.129 e. The van der Waals surface area contributed by atoms with E-state index in [4.69, 9.17) is 11.6 Å². The van der Waals surface area contributed by atoms with Gasteiger partial charge < -0.3 is 4.90 Å². The highest BCUT2D eigenvalue weighted by molar-refractivity contribution is 6.29. The molecule has 2 heterocycles. The van der Waals surface area contributed by atoms with E-state index >= 15 is 0 Å². The Kier molecular flexibility index (Phi) is 4.58. The lowest BCUT2D eigenvalue weighted by atomic mass is 10.0. The van der Waals surface area contributed by atoms with Gasteiger partial charge in [-0.15, -0.1) is 12.4 Å². The van der Waals surface area contributed by atoms with Crippen LogP contribution < -0.4 is 0 Å². The third-order valence-corrected chi connectivity index (χ3v) is 2.73. The number of nitrogens with zero attached hydrogens (tertiary/aromatic N) is 2. The predicted molar refractivity (Wildman–Crippen MR) is 66.6 cm³/mol. The van der Waals surface area contributed by atoms with Crippen molar-refractivity contribution in [2.75, 3.05) is 20.1 Å². The van der Waals surface area contributed by atoms with Crippen LogP contribution in [0.25, 0.3) is 5.57 Å². The fourth-order valence-electron chi connectivity index (χ4n) is 1.60. The second-order valence-corrected chi connectivity index (χ2v) is 4.00. The van der Waals surface area contributed by atoms with Crippen molar-refractivity contribution in [1.82, 2.24) is 9.88 Å². The van der Waals surface area contributed by atoms with Gasteiger partial charge in [-0.3, -0.25) is 0 Å². The number of halogens is 2. The van der Waals surface area contributed by atoms with Gasteiger partial charge in [0.25, 0.3) is 0 Å². The fraction of sp³-hybridized carbons (Fsp3) is 0.364. The smallest absolute Gasteiger partial charge is 0.129 e. The van der Waals surface area contributed by atoms with Crippen LogP contribution in [-0.4, -0.2) is 30.0 Å². The molecule has 0 radical (unpaired) electrons. The first-order chi connectivity index (χ1) is 6.75. The zero-order valence-corrected chi connectivity index (χ0v) is 10.2. The molecule has 1 aliphatic heterocycles. The van der Waals surface area contributed by atoms with E-state index in [-0.39, 0.29) is 12.4 Å². The van der Waals surface area contributed by atoms with E-state index in [0.29, 0.717) is 5.15 Å². The number of likely N-dealkylation sites (N-methyl/N-ethyl adjacent to an activating group) is 1. The van der Waals surface area contributed by atoms with Crippen LogP contribution in [0.1, 0.15) is 12.0 Å². The summed E-state index contributed by atoms with van der Waals surface area (Å²) in [4.78, 5) is 6.38. The number of hydrogen-bond acceptors (Lipinski definition) is 2. The summed E-state index contributed by atoms with van der Waals surface area (Å²) in [6.45, 7) is 2.15. The molecule has 1 aromatic heterocycles. The summed E-state index contributed by atoms with van der Waals surface area (Å²) < 4.78 is 0. The first kappa shape index (κ1) is 12.5. The molecule has 0 fully saturated rings. The Balaban J connectivity index is 0.00000112. The Hall–Kier alpha value is -0.570. The molecule has 2 rings (SSSR count). The van der Waals surface area contributed by atoms with Crippen LogP contribution in [0.5, 0.6) is 0 Å². The van der Waals surface area contributed by atoms with Crippen LogP contribution in [-0.2, 0) is 0 Å². The van der Waals surface area contributed by atoms with Gasteiger partial charge in [-0.25, -0.2) is 4.98 Å². The molecule has 4 heteroatoms. The van der Waals surface area contributed by atoms with Gasteiger partial charge in [0, 0.05) is 19.3 Å². The van der Waals surface area contributed by atoms with E-state index in [9.17, 15) is 0 Å². The van der Waals surface area contributed by atoms with Crippen LogP contribution in [0.3, 0.4) is 0 Å². The molecule has 82 valence electrons. The third kappa shape index (κ3) is 3.20. The lowest BCUT2D eigenvalue weighted by Gasteiger charge is -2.21. The Labute approximate surface area is 101 Å². The largest absolute Gasteiger partial charge is 0.302 e. The minimum atomic E-state index is 0. The highest BCUT2D eigenvalue weighted by Gasteiger charge is 2.09. The summed E-state index contributed by atoms with van der Waals surface area (Å²) in [6, 6.07) is 3.88. The lowest BCUT2D eigenvalue weighted by molar-refractivity contribution is 0.370. The summed E-state index contributed by atoms with van der Waals surface area (Å²) in [5.74, 6) is 0. The van der Waals surface area contributed by atoms with E-state index in [2.05, 4.69) is 23.0 Å². The fourth-order valence-corrected chi connectivity index (χ4v) is 1.71. The average molecular weight is 245 g/mol. The van der Waals surface area contributed by atoms with E-state index in [1.54, 1.807) is 0 Å². The summed E-state index contributed by atoms with van der Waals surface area (Å²) in [7, 11) is 2.13. The van der Waals surface area contributed by atoms with Crippen molar-refractivity contribution in [1.29, 1.82) is 0 Å². The second-order valence-electron chi connectivity index (χ2n) is 3.61. The van der Waals surface area contributed by atoms with E-state index in [1.807, 2.05) is 18.3 Å². The molecule has 2 nitrogen and oxygen atoms in total. The second kappa shape index (κ2) is 5.50. The monoisotopic (exact) mass is 244 g/mol. The van der Waals surface area contributed by atoms with Crippen molar-refractivity contribution in [2.24, 2.45) is 0 Å². The minimum Gasteiger partial charge on any atom is -0.302 e. The van der Waals surface area contributed by atoms with Crippen LogP contribution in [0, 0.1) is 0 Å². The highest BCUT2D eigenvalue weighted by Crippen LogP contribution is 2.21. The van der Waals surface area contributed by atoms with Gasteiger partial charge in [0.15, 0.2) is 0 Å². The van der Waals surface area contributed by atoms with E-state index < -0.39 is 0 Å². The van der Waals surface area contributed by atoms with Gasteiger partial charge in [-0.1, -0.05) is 23.7 Å². The Morgan fingerprint density at radius 1 is 1.40 bits per heavy atom. The molecule has 0 aromatic carbocycles. The minimum absolute atomic E-state index is 0. The Bertz CT molecular complexity index is 346. The summed E-state index contributed by atoms with van der Waals surface area (Å²) in [6.07, 6.45) is 5.20. The average Bonchev–Trinajstić information content (AvgIpc) is 2.21. The normalized spacial score (nSPS) is 16.8. The van der Waals surface area contributed by atoms with Crippen LogP contribution >= 0.6 is 24.0 Å². The molecule has 0 bridgehead atoms. The molecule has 0 unspecified atom stereocenters. The van der Waals surface area contributed by atoms with Crippen molar-refractivity contribution >= 4 is 29.6 Å². The topological polar surface area (TPSA) is 16.1 Å². The van der Waals surface area contributed by atoms with Crippen molar-refractivity contribution in [2.45, 2.75) is 6.42 Å². The molecule has 1 aliphatic rings. The first-order valence-electron chi connectivity index (χ1n) is 4.75. The van der Waals surface area contributed by atoms with E-state index in [0.717, 1.165) is 19.5 Å². The van der Waals surface area contributed by atoms with Gasteiger partial charge in [0.2, 0.25) is 0 Å². The van der Waals surface area contributed by atoms with Crippen LogP contribution in [0.15, 0.2) is 24.4 Å². The Morgan fingerprint density at radius 2 is 2.20 bits per heavy atom. The molecule has 1 aromatic rings. The van der Waals surface area contributed by atoms with Crippen LogP contribution in [0.4, 0.5) is 0 Å². The number of pyridine rings is 1. The van der Waals surface area contributed by atoms with Gasteiger partial charge in [0.1, 0.15) is 5.15 Å². The zero-order chi connectivity index (χ0) is 9.97. The quantitative estimate of drug-likeness (QED) is 0.707. The van der Waals surface area contributed by atoms with Crippen molar-refractivity contribution in [3.05, 3.63) is 35.1 Å². The van der Waals surface area contributed by atoms with Crippen molar-refractivity contribution < 1.29 is 0 Å².